The van der Waals surface area contributed by atoms with Crippen molar-refractivity contribution >= 4 is 29.3 Å². The summed E-state index contributed by atoms with van der Waals surface area (Å²) >= 11 is 0. The normalized spacial score (nSPS) is 19.8. The summed E-state index contributed by atoms with van der Waals surface area (Å²) in [7, 11) is -2.64. The second-order valence-corrected chi connectivity index (χ2v) is 11.6. The second-order valence-electron chi connectivity index (χ2n) is 8.38. The average Bonchev–Trinajstić information content (AvgIpc) is 3.32. The van der Waals surface area contributed by atoms with E-state index in [9.17, 15) is 17.7 Å². The number of rotatable bonds is 5. The highest BCUT2D eigenvalue weighted by Crippen LogP contribution is 2.42. The summed E-state index contributed by atoms with van der Waals surface area (Å²) in [6.45, 7) is 3.77. The summed E-state index contributed by atoms with van der Waals surface area (Å²) in [5.74, 6) is 0.392. The van der Waals surface area contributed by atoms with Crippen molar-refractivity contribution < 1.29 is 17.7 Å². The van der Waals surface area contributed by atoms with Crippen LogP contribution < -0.4 is 16.4 Å². The molecule has 2 aromatic heterocycles. The zero-order valence-corrected chi connectivity index (χ0v) is 18.2. The predicted octanol–water partition coefficient (Wildman–Crippen LogP) is 4.43. The molecular weight excluding hydrogens is 426 g/mol. The molecule has 0 saturated heterocycles. The van der Waals surface area contributed by atoms with Gasteiger partial charge in [-0.1, -0.05) is 18.6 Å². The molecule has 1 fully saturated rings. The van der Waals surface area contributed by atoms with E-state index < -0.39 is 18.9 Å². The molecule has 0 spiro atoms. The Hall–Kier alpha value is -2.38. The number of H-pyrrole nitrogens is 1. The molecule has 2 heterocycles. The van der Waals surface area contributed by atoms with Crippen molar-refractivity contribution in [2.75, 3.05) is 25.2 Å². The summed E-state index contributed by atoms with van der Waals surface area (Å²) in [4.78, 5) is 11.2. The maximum atomic E-state index is 13.8. The predicted molar refractivity (Wildman–Crippen MR) is 117 cm³/mol. The Morgan fingerprint density at radius 3 is 2.74 bits per heavy atom. The lowest BCUT2D eigenvalue weighted by Gasteiger charge is -2.20. The molecule has 2 atom stereocenters. The van der Waals surface area contributed by atoms with Gasteiger partial charge in [0.15, 0.2) is 0 Å². The molecule has 10 heteroatoms. The summed E-state index contributed by atoms with van der Waals surface area (Å²) in [6, 6.07) is 5.17. The Labute approximate surface area is 178 Å². The number of aromatic amines is 1. The van der Waals surface area contributed by atoms with Crippen LogP contribution >= 0.6 is 7.14 Å². The van der Waals surface area contributed by atoms with E-state index in [0.29, 0.717) is 28.3 Å². The largest absolute Gasteiger partial charge is 0.419 e. The Morgan fingerprint density at radius 2 is 2.06 bits per heavy atom. The maximum Gasteiger partial charge on any atom is 0.419 e. The van der Waals surface area contributed by atoms with Crippen LogP contribution in [0.1, 0.15) is 24.8 Å². The molecular formula is C21H25F3N5OP. The monoisotopic (exact) mass is 451 g/mol. The minimum Gasteiger partial charge on any atom is -0.360 e. The molecule has 6 nitrogen and oxygen atoms in total. The third-order valence-electron chi connectivity index (χ3n) is 5.90. The Balaban J connectivity index is 1.84. The maximum absolute atomic E-state index is 13.8. The fourth-order valence-corrected chi connectivity index (χ4v) is 5.49. The van der Waals surface area contributed by atoms with Crippen molar-refractivity contribution in [3.63, 3.8) is 0 Å². The van der Waals surface area contributed by atoms with E-state index in [2.05, 4.69) is 20.3 Å². The lowest BCUT2D eigenvalue weighted by Crippen LogP contribution is -2.30. The first-order chi connectivity index (χ1) is 14.6. The van der Waals surface area contributed by atoms with Gasteiger partial charge in [0, 0.05) is 34.7 Å². The number of halogens is 3. The summed E-state index contributed by atoms with van der Waals surface area (Å²) in [6.07, 6.45) is 0.550. The number of nitrogens with one attached hydrogen (secondary N) is 2. The summed E-state index contributed by atoms with van der Waals surface area (Å²) in [5, 5.41) is 4.31. The van der Waals surface area contributed by atoms with Crippen LogP contribution in [0, 0.1) is 5.92 Å². The fraction of sp³-hybridized carbons (Fsp3) is 0.429. The second kappa shape index (κ2) is 7.95. The molecule has 4 N–H and O–H groups in total. The van der Waals surface area contributed by atoms with Crippen molar-refractivity contribution in [3.8, 4) is 11.3 Å². The van der Waals surface area contributed by atoms with E-state index in [-0.39, 0.29) is 23.6 Å². The number of fused-ring (bicyclic) bond motifs is 1. The Morgan fingerprint density at radius 1 is 1.29 bits per heavy atom. The number of para-hydroxylation sites is 1. The molecule has 166 valence electrons. The highest BCUT2D eigenvalue weighted by atomic mass is 31.2. The highest BCUT2D eigenvalue weighted by molar-refractivity contribution is 7.70. The van der Waals surface area contributed by atoms with Crippen molar-refractivity contribution in [1.29, 1.82) is 0 Å². The van der Waals surface area contributed by atoms with Gasteiger partial charge in [0.1, 0.15) is 12.7 Å². The number of nitrogens with two attached hydrogens (primary N) is 1. The fourth-order valence-electron chi connectivity index (χ4n) is 4.32. The topological polar surface area (TPSA) is 96.7 Å². The van der Waals surface area contributed by atoms with Gasteiger partial charge in [-0.2, -0.15) is 13.2 Å². The highest BCUT2D eigenvalue weighted by Gasteiger charge is 2.36. The van der Waals surface area contributed by atoms with Crippen LogP contribution in [0.15, 0.2) is 30.6 Å². The van der Waals surface area contributed by atoms with E-state index in [0.717, 1.165) is 25.5 Å². The first-order valence-corrected chi connectivity index (χ1v) is 12.8. The van der Waals surface area contributed by atoms with E-state index in [4.69, 9.17) is 5.73 Å². The third kappa shape index (κ3) is 4.21. The molecule has 1 aromatic carbocycles. The van der Waals surface area contributed by atoms with Crippen molar-refractivity contribution in [2.45, 2.75) is 31.5 Å². The van der Waals surface area contributed by atoms with Crippen molar-refractivity contribution in [3.05, 3.63) is 36.2 Å². The molecule has 31 heavy (non-hydrogen) atoms. The molecule has 0 unspecified atom stereocenters. The number of nitrogens with zero attached hydrogens (tertiary/aromatic N) is 2. The quantitative estimate of drug-likeness (QED) is 0.499. The number of alkyl halides is 3. The minimum atomic E-state index is -4.62. The first-order valence-electron chi connectivity index (χ1n) is 10.2. The Kier molecular flexibility index (Phi) is 5.60. The van der Waals surface area contributed by atoms with Crippen LogP contribution in [-0.2, 0) is 10.7 Å². The van der Waals surface area contributed by atoms with Gasteiger partial charge in [-0.15, -0.1) is 0 Å². The van der Waals surface area contributed by atoms with Gasteiger partial charge < -0.3 is 20.6 Å². The number of benzene rings is 1. The summed E-state index contributed by atoms with van der Waals surface area (Å²) in [5.41, 5.74) is 5.55. The van der Waals surface area contributed by atoms with Crippen molar-refractivity contribution in [2.24, 2.45) is 11.7 Å². The third-order valence-corrected chi connectivity index (χ3v) is 7.43. The van der Waals surface area contributed by atoms with Gasteiger partial charge in [0.25, 0.3) is 0 Å². The molecule has 1 saturated carbocycles. The van der Waals surface area contributed by atoms with Gasteiger partial charge >= 0.3 is 6.18 Å². The lowest BCUT2D eigenvalue weighted by atomic mass is 10.0. The zero-order valence-electron chi connectivity index (χ0n) is 17.3. The summed E-state index contributed by atoms with van der Waals surface area (Å²) < 4.78 is 54.0. The van der Waals surface area contributed by atoms with E-state index in [1.807, 2.05) is 0 Å². The van der Waals surface area contributed by atoms with Gasteiger partial charge in [-0.25, -0.2) is 9.97 Å². The molecule has 4 rings (SSSR count). The Bertz CT molecular complexity index is 1150. The molecule has 1 aliphatic rings. The van der Waals surface area contributed by atoms with Gasteiger partial charge in [-0.05, 0) is 44.7 Å². The number of aromatic nitrogens is 3. The van der Waals surface area contributed by atoms with Crippen LogP contribution in [0.5, 0.6) is 0 Å². The van der Waals surface area contributed by atoms with Gasteiger partial charge in [-0.3, -0.25) is 0 Å². The van der Waals surface area contributed by atoms with Crippen molar-refractivity contribution in [1.82, 2.24) is 15.0 Å². The first kappa shape index (κ1) is 21.8. The van der Waals surface area contributed by atoms with Crippen LogP contribution in [-0.4, -0.2) is 40.9 Å². The standard InChI is InChI=1S/C21H25F3N5OP/c1-31(2,30)17-8-4-6-13-14(10-26-19(13)17)18-15(21(22,23)24)11-27-20(29-18)28-16-7-3-5-12(16)9-25/h4,6,8,10-12,16,26H,3,5,7,9,25H2,1-2H3,(H,27,28,29)/t12-,16+/m0/s1. The molecule has 1 aliphatic carbocycles. The molecule has 0 amide bonds. The molecule has 0 aliphatic heterocycles. The molecule has 3 aromatic rings. The SMILES string of the molecule is CP(C)(=O)c1cccc2c(-c3nc(N[C@@H]4CCC[C@H]4CN)ncc3C(F)(F)F)c[nH]c12. The number of hydrogen-bond donors (Lipinski definition) is 3. The van der Waals surface area contributed by atoms with E-state index >= 15 is 0 Å². The van der Waals surface area contributed by atoms with Crippen LogP contribution in [0.3, 0.4) is 0 Å². The minimum absolute atomic E-state index is 0.0372. The van der Waals surface area contributed by atoms with Crippen LogP contribution in [0.25, 0.3) is 22.2 Å². The van der Waals surface area contributed by atoms with Gasteiger partial charge in [0.05, 0.1) is 11.2 Å². The average molecular weight is 451 g/mol. The van der Waals surface area contributed by atoms with Gasteiger partial charge in [0.2, 0.25) is 5.95 Å². The number of hydrogen-bond acceptors (Lipinski definition) is 5. The van der Waals surface area contributed by atoms with Crippen LogP contribution in [0.2, 0.25) is 0 Å². The van der Waals surface area contributed by atoms with E-state index in [1.54, 1.807) is 31.5 Å². The number of anilines is 1. The van der Waals surface area contributed by atoms with E-state index in [1.165, 1.54) is 6.20 Å². The molecule has 0 radical (unpaired) electrons. The van der Waals surface area contributed by atoms with Crippen LogP contribution in [0.4, 0.5) is 19.1 Å². The zero-order chi connectivity index (χ0) is 22.4. The lowest BCUT2D eigenvalue weighted by molar-refractivity contribution is -0.137. The molecule has 0 bridgehead atoms. The smallest absolute Gasteiger partial charge is 0.360 e.